The van der Waals surface area contributed by atoms with Crippen LogP contribution in [0.3, 0.4) is 0 Å². The molecule has 5 nitrogen and oxygen atoms in total. The normalized spacial score (nSPS) is 11.1. The van der Waals surface area contributed by atoms with E-state index in [2.05, 4.69) is 9.97 Å². The molecule has 0 radical (unpaired) electrons. The second-order valence-electron chi connectivity index (χ2n) is 4.23. The van der Waals surface area contributed by atoms with Gasteiger partial charge in [-0.05, 0) is 20.8 Å². The number of rotatable bonds is 3. The monoisotopic (exact) mass is 210 g/mol. The quantitative estimate of drug-likeness (QED) is 0.603. The Morgan fingerprint density at radius 3 is 2.73 bits per heavy atom. The van der Waals surface area contributed by atoms with E-state index in [0.717, 1.165) is 0 Å². The van der Waals surface area contributed by atoms with E-state index < -0.39 is 5.41 Å². The lowest BCUT2D eigenvalue weighted by molar-refractivity contribution is -0.154. The summed E-state index contributed by atoms with van der Waals surface area (Å²) in [4.78, 5) is 28.3. The van der Waals surface area contributed by atoms with Gasteiger partial charge in [-0.15, -0.1) is 0 Å². The minimum Gasteiger partial charge on any atom is -0.457 e. The second kappa shape index (κ2) is 4.25. The number of imidazole rings is 1. The first-order valence-electron chi connectivity index (χ1n) is 4.60. The number of aromatic amines is 1. The van der Waals surface area contributed by atoms with Crippen molar-refractivity contribution < 1.29 is 14.3 Å². The zero-order valence-electron chi connectivity index (χ0n) is 9.03. The van der Waals surface area contributed by atoms with Gasteiger partial charge in [-0.3, -0.25) is 9.59 Å². The highest BCUT2D eigenvalue weighted by Crippen LogP contribution is 2.15. The van der Waals surface area contributed by atoms with Crippen molar-refractivity contribution in [2.75, 3.05) is 0 Å². The fourth-order valence-electron chi connectivity index (χ4n) is 0.862. The number of esters is 1. The van der Waals surface area contributed by atoms with Gasteiger partial charge in [0.1, 0.15) is 12.4 Å². The smallest absolute Gasteiger partial charge is 0.311 e. The fraction of sp³-hybridized carbons (Fsp3) is 0.500. The first-order valence-corrected chi connectivity index (χ1v) is 4.60. The summed E-state index contributed by atoms with van der Waals surface area (Å²) in [6.07, 6.45) is 2.05. The summed E-state index contributed by atoms with van der Waals surface area (Å²) in [6.45, 7) is 5.38. The predicted molar refractivity (Wildman–Crippen MR) is 53.2 cm³/mol. The third-order valence-electron chi connectivity index (χ3n) is 1.73. The van der Waals surface area contributed by atoms with Crippen LogP contribution in [0.5, 0.6) is 0 Å². The number of hydrogen-bond donors (Lipinski definition) is 1. The maximum Gasteiger partial charge on any atom is 0.311 e. The molecule has 5 heteroatoms. The molecular formula is C10H14N2O3. The molecule has 0 amide bonds. The number of carbonyl (C=O) groups excluding carboxylic acids is 2. The molecule has 1 heterocycles. The van der Waals surface area contributed by atoms with Gasteiger partial charge in [-0.25, -0.2) is 4.98 Å². The van der Waals surface area contributed by atoms with Gasteiger partial charge in [0.05, 0.1) is 17.3 Å². The van der Waals surface area contributed by atoms with Crippen molar-refractivity contribution in [1.82, 2.24) is 9.97 Å². The average molecular weight is 210 g/mol. The Hall–Kier alpha value is -1.65. The lowest BCUT2D eigenvalue weighted by Crippen LogP contribution is -2.22. The van der Waals surface area contributed by atoms with Crippen LogP contribution < -0.4 is 0 Å². The number of aldehydes is 1. The van der Waals surface area contributed by atoms with Gasteiger partial charge >= 0.3 is 5.97 Å². The molecule has 1 rings (SSSR count). The van der Waals surface area contributed by atoms with E-state index in [4.69, 9.17) is 4.74 Å². The summed E-state index contributed by atoms with van der Waals surface area (Å²) in [7, 11) is 0. The van der Waals surface area contributed by atoms with E-state index in [-0.39, 0.29) is 12.6 Å². The van der Waals surface area contributed by atoms with Crippen LogP contribution in [0.1, 0.15) is 37.1 Å². The molecular weight excluding hydrogens is 196 g/mol. The lowest BCUT2D eigenvalue weighted by atomic mass is 9.97. The number of aromatic nitrogens is 2. The molecule has 0 unspecified atom stereocenters. The molecule has 0 saturated carbocycles. The molecule has 1 N–H and O–H groups in total. The fourth-order valence-corrected chi connectivity index (χ4v) is 0.862. The summed E-state index contributed by atoms with van der Waals surface area (Å²) in [5.41, 5.74) is -0.156. The number of ether oxygens (including phenoxy) is 1. The van der Waals surface area contributed by atoms with Gasteiger partial charge in [0, 0.05) is 0 Å². The van der Waals surface area contributed by atoms with E-state index in [1.165, 1.54) is 6.20 Å². The highest BCUT2D eigenvalue weighted by Gasteiger charge is 2.23. The molecule has 0 aliphatic heterocycles. The summed E-state index contributed by atoms with van der Waals surface area (Å²) in [6, 6.07) is 0. The maximum absolute atomic E-state index is 11.4. The van der Waals surface area contributed by atoms with E-state index in [1.54, 1.807) is 20.8 Å². The molecule has 82 valence electrons. The Balaban J connectivity index is 2.50. The van der Waals surface area contributed by atoms with Crippen molar-refractivity contribution in [2.24, 2.45) is 5.41 Å². The largest absolute Gasteiger partial charge is 0.457 e. The van der Waals surface area contributed by atoms with Crippen LogP contribution in [0.25, 0.3) is 0 Å². The third-order valence-corrected chi connectivity index (χ3v) is 1.73. The topological polar surface area (TPSA) is 72.0 Å². The maximum atomic E-state index is 11.4. The molecule has 0 atom stereocenters. The zero-order valence-corrected chi connectivity index (χ0v) is 9.03. The van der Waals surface area contributed by atoms with Crippen LogP contribution in [0.15, 0.2) is 6.20 Å². The van der Waals surface area contributed by atoms with Crippen LogP contribution in [0.2, 0.25) is 0 Å². The molecule has 1 aromatic rings. The van der Waals surface area contributed by atoms with E-state index in [1.807, 2.05) is 0 Å². The Morgan fingerprint density at radius 2 is 2.27 bits per heavy atom. The van der Waals surface area contributed by atoms with Gasteiger partial charge in [0.15, 0.2) is 6.29 Å². The molecule has 0 aliphatic rings. The van der Waals surface area contributed by atoms with Crippen molar-refractivity contribution in [3.63, 3.8) is 0 Å². The second-order valence-corrected chi connectivity index (χ2v) is 4.23. The van der Waals surface area contributed by atoms with Gasteiger partial charge in [-0.2, -0.15) is 0 Å². The Labute approximate surface area is 87.9 Å². The Kier molecular flexibility index (Phi) is 3.24. The van der Waals surface area contributed by atoms with Crippen molar-refractivity contribution in [1.29, 1.82) is 0 Å². The SMILES string of the molecule is CC(C)(C)C(=O)OCc1ncc(C=O)[nH]1. The molecule has 1 aromatic heterocycles. The summed E-state index contributed by atoms with van der Waals surface area (Å²) in [5, 5.41) is 0. The minimum atomic E-state index is -0.528. The minimum absolute atomic E-state index is 0.0595. The number of H-pyrrole nitrogens is 1. The molecule has 15 heavy (non-hydrogen) atoms. The number of carbonyl (C=O) groups is 2. The van der Waals surface area contributed by atoms with Crippen molar-refractivity contribution in [2.45, 2.75) is 27.4 Å². The number of hydrogen-bond acceptors (Lipinski definition) is 4. The molecule has 0 spiro atoms. The van der Waals surface area contributed by atoms with Crippen molar-refractivity contribution in [3.8, 4) is 0 Å². The van der Waals surface area contributed by atoms with E-state index in [0.29, 0.717) is 17.8 Å². The molecule has 0 saturated heterocycles. The molecule has 0 bridgehead atoms. The van der Waals surface area contributed by atoms with E-state index >= 15 is 0 Å². The predicted octanol–water partition coefficient (Wildman–Crippen LogP) is 1.31. The van der Waals surface area contributed by atoms with Crippen molar-refractivity contribution in [3.05, 3.63) is 17.7 Å². The van der Waals surface area contributed by atoms with Gasteiger partial charge in [0.25, 0.3) is 0 Å². The van der Waals surface area contributed by atoms with E-state index in [9.17, 15) is 9.59 Å². The van der Waals surface area contributed by atoms with Gasteiger partial charge in [-0.1, -0.05) is 0 Å². The molecule has 0 aromatic carbocycles. The van der Waals surface area contributed by atoms with Crippen molar-refractivity contribution >= 4 is 12.3 Å². The van der Waals surface area contributed by atoms with Gasteiger partial charge in [0.2, 0.25) is 0 Å². The third kappa shape index (κ3) is 3.19. The number of nitrogens with zero attached hydrogens (tertiary/aromatic N) is 1. The van der Waals surface area contributed by atoms with Crippen LogP contribution >= 0.6 is 0 Å². The standard InChI is InChI=1S/C10H14N2O3/c1-10(2,3)9(14)15-6-8-11-4-7(5-13)12-8/h4-5H,6H2,1-3H3,(H,11,12). The highest BCUT2D eigenvalue weighted by molar-refractivity contribution is 5.75. The Morgan fingerprint density at radius 1 is 1.60 bits per heavy atom. The summed E-state index contributed by atoms with van der Waals surface area (Å²) in [5.74, 6) is 0.168. The van der Waals surface area contributed by atoms with Crippen LogP contribution in [0.4, 0.5) is 0 Å². The average Bonchev–Trinajstić information content (AvgIpc) is 2.60. The first-order chi connectivity index (χ1) is 6.93. The number of nitrogens with one attached hydrogen (secondary N) is 1. The van der Waals surface area contributed by atoms with Crippen LogP contribution in [-0.2, 0) is 16.1 Å². The first kappa shape index (κ1) is 11.4. The summed E-state index contributed by atoms with van der Waals surface area (Å²) >= 11 is 0. The van der Waals surface area contributed by atoms with Crippen LogP contribution in [0, 0.1) is 5.41 Å². The van der Waals surface area contributed by atoms with Gasteiger partial charge < -0.3 is 9.72 Å². The summed E-state index contributed by atoms with van der Waals surface area (Å²) < 4.78 is 5.00. The Bertz CT molecular complexity index is 363. The lowest BCUT2D eigenvalue weighted by Gasteiger charge is -2.15. The zero-order chi connectivity index (χ0) is 11.5. The highest BCUT2D eigenvalue weighted by atomic mass is 16.5. The molecule has 0 fully saturated rings. The van der Waals surface area contributed by atoms with Crippen LogP contribution in [-0.4, -0.2) is 22.2 Å². The molecule has 0 aliphatic carbocycles.